The number of nitrogens with one attached hydrogen (secondary N) is 1. The van der Waals surface area contributed by atoms with Crippen LogP contribution in [0.5, 0.6) is 0 Å². The quantitative estimate of drug-likeness (QED) is 0.535. The van der Waals surface area contributed by atoms with E-state index in [9.17, 15) is 0 Å². The van der Waals surface area contributed by atoms with E-state index in [0.29, 0.717) is 0 Å². The number of allylic oxidation sites excluding steroid dienone is 1. The minimum absolute atomic E-state index is 0.803. The molecule has 0 aromatic heterocycles. The topological polar surface area (TPSA) is 21.3 Å². The minimum Gasteiger partial charge on any atom is -0.498 e. The fraction of sp³-hybridized carbons (Fsp3) is 0.714. The van der Waals surface area contributed by atoms with E-state index in [0.717, 1.165) is 18.8 Å². The van der Waals surface area contributed by atoms with E-state index in [1.807, 2.05) is 20.8 Å². The maximum absolute atomic E-state index is 4.96. The fourth-order valence-electron chi connectivity index (χ4n) is 0.533. The van der Waals surface area contributed by atoms with E-state index >= 15 is 0 Å². The van der Waals surface area contributed by atoms with Gasteiger partial charge in [-0.05, 0) is 6.92 Å². The Morgan fingerprint density at radius 1 is 1.56 bits per heavy atom. The molecule has 2 nitrogen and oxygen atoms in total. The van der Waals surface area contributed by atoms with Crippen molar-refractivity contribution >= 4 is 0 Å². The Bertz CT molecular complexity index is 88.9. The second-order valence-electron chi connectivity index (χ2n) is 1.60. The zero-order valence-corrected chi connectivity index (χ0v) is 6.40. The summed E-state index contributed by atoms with van der Waals surface area (Å²) in [6.07, 6.45) is 1.74. The summed E-state index contributed by atoms with van der Waals surface area (Å²) in [7, 11) is 0. The normalized spacial score (nSPS) is 15.7. The van der Waals surface area contributed by atoms with Crippen molar-refractivity contribution in [2.24, 2.45) is 0 Å². The molecule has 0 unspecified atom stereocenters. The summed E-state index contributed by atoms with van der Waals surface area (Å²) in [6.45, 7) is 7.73. The molecule has 1 heterocycles. The van der Waals surface area contributed by atoms with Gasteiger partial charge in [0.25, 0.3) is 0 Å². The van der Waals surface area contributed by atoms with Gasteiger partial charge in [0.1, 0.15) is 12.9 Å². The summed E-state index contributed by atoms with van der Waals surface area (Å²) in [5, 5.41) is 3.12. The lowest BCUT2D eigenvalue weighted by Crippen LogP contribution is -2.21. The molecule has 0 aromatic rings. The number of hydrogen-bond acceptors (Lipinski definition) is 2. The lowest BCUT2D eigenvalue weighted by atomic mass is 10.5. The molecule has 0 spiro atoms. The molecule has 0 aliphatic carbocycles. The molecule has 1 N–H and O–H groups in total. The van der Waals surface area contributed by atoms with E-state index < -0.39 is 0 Å². The van der Waals surface area contributed by atoms with E-state index in [1.54, 1.807) is 6.26 Å². The summed E-state index contributed by atoms with van der Waals surface area (Å²) in [4.78, 5) is 0. The lowest BCUT2D eigenvalue weighted by molar-refractivity contribution is 0.230. The monoisotopic (exact) mass is 129 g/mol. The zero-order valence-electron chi connectivity index (χ0n) is 6.40. The molecule has 0 fully saturated rings. The third kappa shape index (κ3) is 3.88. The molecule has 0 amide bonds. The molecule has 1 aliphatic rings. The first-order chi connectivity index (χ1) is 4.39. The Morgan fingerprint density at radius 3 is 2.44 bits per heavy atom. The Labute approximate surface area is 56.9 Å². The van der Waals surface area contributed by atoms with Crippen LogP contribution in [-0.2, 0) is 4.74 Å². The smallest absolute Gasteiger partial charge is 0.105 e. The zero-order chi connectivity index (χ0) is 7.11. The molecule has 1 rings (SSSR count). The predicted molar refractivity (Wildman–Crippen MR) is 39.1 cm³/mol. The van der Waals surface area contributed by atoms with Crippen molar-refractivity contribution < 1.29 is 4.74 Å². The van der Waals surface area contributed by atoms with Crippen molar-refractivity contribution in [1.29, 1.82) is 0 Å². The van der Waals surface area contributed by atoms with Crippen LogP contribution < -0.4 is 5.32 Å². The van der Waals surface area contributed by atoms with E-state index in [2.05, 4.69) is 5.32 Å². The van der Waals surface area contributed by atoms with Crippen molar-refractivity contribution in [3.63, 3.8) is 0 Å². The van der Waals surface area contributed by atoms with E-state index in [4.69, 9.17) is 4.74 Å². The van der Waals surface area contributed by atoms with Gasteiger partial charge in [0.05, 0.1) is 0 Å². The maximum atomic E-state index is 4.96. The lowest BCUT2D eigenvalue weighted by Gasteiger charge is -2.11. The summed E-state index contributed by atoms with van der Waals surface area (Å²) < 4.78 is 4.96. The van der Waals surface area contributed by atoms with Crippen LogP contribution >= 0.6 is 0 Å². The molecule has 2 heteroatoms. The van der Waals surface area contributed by atoms with Gasteiger partial charge in [0.2, 0.25) is 0 Å². The molecule has 0 saturated heterocycles. The van der Waals surface area contributed by atoms with Gasteiger partial charge < -0.3 is 10.1 Å². The van der Waals surface area contributed by atoms with Crippen LogP contribution in [0.1, 0.15) is 20.8 Å². The fourth-order valence-corrected chi connectivity index (χ4v) is 0.533. The molecule has 0 radical (unpaired) electrons. The highest BCUT2D eigenvalue weighted by Gasteiger charge is 1.92. The maximum Gasteiger partial charge on any atom is 0.105 e. The summed E-state index contributed by atoms with van der Waals surface area (Å²) in [5.41, 5.74) is 1.12. The number of hydrogen-bond donors (Lipinski definition) is 1. The highest BCUT2D eigenvalue weighted by molar-refractivity contribution is 4.91. The van der Waals surface area contributed by atoms with Gasteiger partial charge in [0.15, 0.2) is 0 Å². The predicted octanol–water partition coefficient (Wildman–Crippen LogP) is 1.49. The molecule has 0 bridgehead atoms. The summed E-state index contributed by atoms with van der Waals surface area (Å²) in [5.74, 6) is 0. The standard InChI is InChI=1S/C5H9NO.C2H6/c1-5-4-7-3-2-6-5;1-2/h4,6H,2-3H2,1H3;1-2H3. The van der Waals surface area contributed by atoms with Crippen molar-refractivity contribution in [2.45, 2.75) is 20.8 Å². The molecule has 9 heavy (non-hydrogen) atoms. The van der Waals surface area contributed by atoms with Crippen LogP contribution in [0.4, 0.5) is 0 Å². The first-order valence-electron chi connectivity index (χ1n) is 3.42. The average molecular weight is 129 g/mol. The van der Waals surface area contributed by atoms with Crippen molar-refractivity contribution in [3.05, 3.63) is 12.0 Å². The van der Waals surface area contributed by atoms with Crippen molar-refractivity contribution in [2.75, 3.05) is 13.2 Å². The van der Waals surface area contributed by atoms with Crippen molar-refractivity contribution in [3.8, 4) is 0 Å². The molecule has 0 saturated carbocycles. The van der Waals surface area contributed by atoms with Crippen LogP contribution in [0.25, 0.3) is 0 Å². The van der Waals surface area contributed by atoms with Gasteiger partial charge in [-0.15, -0.1) is 0 Å². The second kappa shape index (κ2) is 5.48. The SMILES string of the molecule is CC.CC1=COCCN1. The van der Waals surface area contributed by atoms with E-state index in [-0.39, 0.29) is 0 Å². The van der Waals surface area contributed by atoms with Gasteiger partial charge in [0, 0.05) is 12.2 Å². The third-order valence-corrected chi connectivity index (χ3v) is 0.884. The molecule has 1 aliphatic heterocycles. The molecule has 0 atom stereocenters. The van der Waals surface area contributed by atoms with Gasteiger partial charge >= 0.3 is 0 Å². The summed E-state index contributed by atoms with van der Waals surface area (Å²) >= 11 is 0. The first-order valence-corrected chi connectivity index (χ1v) is 3.42. The van der Waals surface area contributed by atoms with Gasteiger partial charge in [-0.3, -0.25) is 0 Å². The van der Waals surface area contributed by atoms with Crippen LogP contribution in [0, 0.1) is 0 Å². The molecular weight excluding hydrogens is 114 g/mol. The Hall–Kier alpha value is -0.660. The summed E-state index contributed by atoms with van der Waals surface area (Å²) in [6, 6.07) is 0. The Kier molecular flexibility index (Phi) is 5.07. The minimum atomic E-state index is 0.803. The van der Waals surface area contributed by atoms with Crippen LogP contribution in [0.3, 0.4) is 0 Å². The van der Waals surface area contributed by atoms with Crippen LogP contribution in [-0.4, -0.2) is 13.2 Å². The highest BCUT2D eigenvalue weighted by atomic mass is 16.5. The number of ether oxygens (including phenoxy) is 1. The van der Waals surface area contributed by atoms with Crippen molar-refractivity contribution in [1.82, 2.24) is 5.32 Å². The van der Waals surface area contributed by atoms with Gasteiger partial charge in [-0.2, -0.15) is 0 Å². The van der Waals surface area contributed by atoms with Gasteiger partial charge in [-0.1, -0.05) is 13.8 Å². The highest BCUT2D eigenvalue weighted by Crippen LogP contribution is 1.91. The second-order valence-corrected chi connectivity index (χ2v) is 1.60. The van der Waals surface area contributed by atoms with Gasteiger partial charge in [-0.25, -0.2) is 0 Å². The molecule has 54 valence electrons. The molecular formula is C7H15NO. The average Bonchev–Trinajstić information content (AvgIpc) is 1.94. The Morgan fingerprint density at radius 2 is 2.22 bits per heavy atom. The van der Waals surface area contributed by atoms with Crippen LogP contribution in [0.15, 0.2) is 12.0 Å². The largest absolute Gasteiger partial charge is 0.498 e. The first kappa shape index (κ1) is 8.34. The van der Waals surface area contributed by atoms with Crippen LogP contribution in [0.2, 0.25) is 0 Å². The third-order valence-electron chi connectivity index (χ3n) is 0.884. The van der Waals surface area contributed by atoms with E-state index in [1.165, 1.54) is 0 Å². The number of rotatable bonds is 0. The molecule has 0 aromatic carbocycles. The Balaban J connectivity index is 0.000000291.